The molecule has 1 aliphatic rings. The predicted octanol–water partition coefficient (Wildman–Crippen LogP) is 2.23. The maximum absolute atomic E-state index is 13.3. The molecule has 29 heavy (non-hydrogen) atoms. The van der Waals surface area contributed by atoms with Gasteiger partial charge in [-0.05, 0) is 42.3 Å². The van der Waals surface area contributed by atoms with Crippen LogP contribution in [-0.2, 0) is 21.2 Å². The van der Waals surface area contributed by atoms with Crippen LogP contribution in [-0.4, -0.2) is 40.3 Å². The summed E-state index contributed by atoms with van der Waals surface area (Å²) in [5.74, 6) is 0. The molecule has 0 spiro atoms. The average molecular weight is 414 g/mol. The van der Waals surface area contributed by atoms with Crippen molar-refractivity contribution in [3.63, 3.8) is 0 Å². The standard InChI is InChI=1S/C19H18N4O5S/c24-19(21-25)28-18-17-5-2-1-4-14(17)10-13-23(18)29(26,27)16-8-6-15(7-9-16)22-12-3-11-20-22/h1-9,11-12,18,25H,10,13H2,(H,21,24)/t18-/m0/s1. The Balaban J connectivity index is 1.70. The number of hydrogen-bond donors (Lipinski definition) is 2. The second kappa shape index (κ2) is 7.66. The monoisotopic (exact) mass is 414 g/mol. The van der Waals surface area contributed by atoms with E-state index in [1.807, 2.05) is 12.1 Å². The van der Waals surface area contributed by atoms with E-state index in [2.05, 4.69) is 5.10 Å². The minimum atomic E-state index is -3.98. The van der Waals surface area contributed by atoms with E-state index in [9.17, 15) is 13.2 Å². The molecule has 2 heterocycles. The fraction of sp³-hybridized carbons (Fsp3) is 0.158. The van der Waals surface area contributed by atoms with Crippen molar-refractivity contribution in [3.8, 4) is 5.69 Å². The molecule has 1 atom stereocenters. The first-order valence-electron chi connectivity index (χ1n) is 8.81. The van der Waals surface area contributed by atoms with Gasteiger partial charge in [0.25, 0.3) is 0 Å². The Bertz CT molecular complexity index is 1110. The van der Waals surface area contributed by atoms with E-state index >= 15 is 0 Å². The minimum Gasteiger partial charge on any atom is -0.423 e. The van der Waals surface area contributed by atoms with E-state index < -0.39 is 22.3 Å². The number of benzene rings is 2. The molecule has 1 aliphatic heterocycles. The molecule has 150 valence electrons. The second-order valence-electron chi connectivity index (χ2n) is 6.38. The Labute approximate surface area is 167 Å². The van der Waals surface area contributed by atoms with Crippen molar-refractivity contribution < 1.29 is 23.2 Å². The van der Waals surface area contributed by atoms with Gasteiger partial charge in [-0.15, -0.1) is 0 Å². The quantitative estimate of drug-likeness (QED) is 0.500. The molecule has 9 nitrogen and oxygen atoms in total. The zero-order chi connectivity index (χ0) is 20.4. The third-order valence-corrected chi connectivity index (χ3v) is 6.57. The van der Waals surface area contributed by atoms with Gasteiger partial charge in [0.15, 0.2) is 6.23 Å². The lowest BCUT2D eigenvalue weighted by molar-refractivity contribution is 0.00236. The van der Waals surface area contributed by atoms with Crippen LogP contribution in [0.25, 0.3) is 5.69 Å². The topological polar surface area (TPSA) is 114 Å². The molecule has 1 amide bonds. The summed E-state index contributed by atoms with van der Waals surface area (Å²) < 4.78 is 34.5. The molecule has 2 N–H and O–H groups in total. The van der Waals surface area contributed by atoms with Gasteiger partial charge in [-0.25, -0.2) is 23.4 Å². The molecule has 0 fully saturated rings. The number of sulfonamides is 1. The molecule has 4 rings (SSSR count). The van der Waals surface area contributed by atoms with Crippen LogP contribution >= 0.6 is 0 Å². The molecule has 0 saturated heterocycles. The summed E-state index contributed by atoms with van der Waals surface area (Å²) >= 11 is 0. The molecule has 2 aromatic carbocycles. The normalized spacial score (nSPS) is 16.8. The van der Waals surface area contributed by atoms with Crippen LogP contribution in [0.2, 0.25) is 0 Å². The van der Waals surface area contributed by atoms with Crippen molar-refractivity contribution in [2.24, 2.45) is 0 Å². The third-order valence-electron chi connectivity index (χ3n) is 4.71. The van der Waals surface area contributed by atoms with E-state index in [1.165, 1.54) is 17.6 Å². The zero-order valence-electron chi connectivity index (χ0n) is 15.2. The highest BCUT2D eigenvalue weighted by Crippen LogP contribution is 2.35. The molecule has 0 aliphatic carbocycles. The number of carbonyl (C=O) groups excluding carboxylic acids is 1. The lowest BCUT2D eigenvalue weighted by Crippen LogP contribution is -2.43. The summed E-state index contributed by atoms with van der Waals surface area (Å²) in [6, 6.07) is 15.2. The predicted molar refractivity (Wildman–Crippen MR) is 102 cm³/mol. The number of ether oxygens (including phenoxy) is 1. The number of rotatable bonds is 4. The van der Waals surface area contributed by atoms with Gasteiger partial charge < -0.3 is 4.74 Å². The van der Waals surface area contributed by atoms with Crippen LogP contribution in [0.5, 0.6) is 0 Å². The molecule has 3 aromatic rings. The molecule has 1 aromatic heterocycles. The molecule has 0 radical (unpaired) electrons. The maximum atomic E-state index is 13.3. The smallest absolute Gasteiger partial charge is 0.423 e. The largest absolute Gasteiger partial charge is 0.432 e. The number of fused-ring (bicyclic) bond motifs is 1. The molecule has 10 heteroatoms. The van der Waals surface area contributed by atoms with Crippen LogP contribution in [0.3, 0.4) is 0 Å². The lowest BCUT2D eigenvalue weighted by atomic mass is 10.00. The SMILES string of the molecule is O=C(NO)O[C@H]1c2ccccc2CCN1S(=O)(=O)c1ccc(-n2cccn2)cc1. The first-order chi connectivity index (χ1) is 14.0. The van der Waals surface area contributed by atoms with E-state index in [0.717, 1.165) is 9.87 Å². The highest BCUT2D eigenvalue weighted by molar-refractivity contribution is 7.89. The number of hydrogen-bond acceptors (Lipinski definition) is 6. The van der Waals surface area contributed by atoms with Gasteiger partial charge >= 0.3 is 6.09 Å². The number of hydroxylamine groups is 1. The Morgan fingerprint density at radius 2 is 1.90 bits per heavy atom. The fourth-order valence-electron chi connectivity index (χ4n) is 3.33. The molecule has 0 unspecified atom stereocenters. The number of nitrogens with one attached hydrogen (secondary N) is 1. The van der Waals surface area contributed by atoms with E-state index in [1.54, 1.807) is 47.4 Å². The van der Waals surface area contributed by atoms with Gasteiger partial charge in [-0.1, -0.05) is 24.3 Å². The van der Waals surface area contributed by atoms with Crippen molar-refractivity contribution in [1.82, 2.24) is 19.6 Å². The van der Waals surface area contributed by atoms with E-state index in [4.69, 9.17) is 9.94 Å². The average Bonchev–Trinajstić information content (AvgIpc) is 3.28. The first kappa shape index (κ1) is 19.1. The Hall–Kier alpha value is -3.21. The second-order valence-corrected chi connectivity index (χ2v) is 8.27. The van der Waals surface area contributed by atoms with Gasteiger partial charge in [0.2, 0.25) is 10.0 Å². The summed E-state index contributed by atoms with van der Waals surface area (Å²) in [6.45, 7) is 0.129. The van der Waals surface area contributed by atoms with Crippen LogP contribution in [0.4, 0.5) is 4.79 Å². The minimum absolute atomic E-state index is 0.0609. The Morgan fingerprint density at radius 3 is 2.59 bits per heavy atom. The summed E-state index contributed by atoms with van der Waals surface area (Å²) in [5, 5.41) is 13.0. The highest BCUT2D eigenvalue weighted by Gasteiger charge is 2.38. The van der Waals surface area contributed by atoms with E-state index in [-0.39, 0.29) is 11.4 Å². The number of carbonyl (C=O) groups is 1. The summed E-state index contributed by atoms with van der Waals surface area (Å²) in [6.07, 6.45) is 1.53. The van der Waals surface area contributed by atoms with Crippen molar-refractivity contribution >= 4 is 16.1 Å². The number of aromatic nitrogens is 2. The molecule has 0 saturated carbocycles. The Morgan fingerprint density at radius 1 is 1.14 bits per heavy atom. The first-order valence-corrected chi connectivity index (χ1v) is 10.2. The zero-order valence-corrected chi connectivity index (χ0v) is 16.0. The molecular formula is C19H18N4O5S. The fourth-order valence-corrected chi connectivity index (χ4v) is 4.82. The van der Waals surface area contributed by atoms with Crippen LogP contribution in [0, 0.1) is 0 Å². The van der Waals surface area contributed by atoms with Gasteiger partial charge in [-0.2, -0.15) is 9.40 Å². The van der Waals surface area contributed by atoms with Crippen molar-refractivity contribution in [2.75, 3.05) is 6.54 Å². The van der Waals surface area contributed by atoms with Crippen molar-refractivity contribution in [3.05, 3.63) is 78.1 Å². The van der Waals surface area contributed by atoms with Crippen LogP contribution in [0.15, 0.2) is 71.9 Å². The molecular weight excluding hydrogens is 396 g/mol. The van der Waals surface area contributed by atoms with Gasteiger partial charge in [0.05, 0.1) is 10.6 Å². The van der Waals surface area contributed by atoms with Crippen LogP contribution in [0.1, 0.15) is 17.4 Å². The maximum Gasteiger partial charge on any atom is 0.432 e. The summed E-state index contributed by atoms with van der Waals surface area (Å²) in [7, 11) is -3.98. The van der Waals surface area contributed by atoms with Crippen molar-refractivity contribution in [1.29, 1.82) is 0 Å². The Kier molecular flexibility index (Phi) is 5.05. The van der Waals surface area contributed by atoms with Crippen LogP contribution < -0.4 is 5.48 Å². The summed E-state index contributed by atoms with van der Waals surface area (Å²) in [5.41, 5.74) is 3.53. The molecule has 0 bridgehead atoms. The van der Waals surface area contributed by atoms with Gasteiger partial charge in [0.1, 0.15) is 0 Å². The van der Waals surface area contributed by atoms with Gasteiger partial charge in [-0.3, -0.25) is 5.21 Å². The van der Waals surface area contributed by atoms with Gasteiger partial charge in [0, 0.05) is 24.5 Å². The van der Waals surface area contributed by atoms with Crippen molar-refractivity contribution in [2.45, 2.75) is 17.5 Å². The summed E-state index contributed by atoms with van der Waals surface area (Å²) in [4.78, 5) is 11.7. The highest BCUT2D eigenvalue weighted by atomic mass is 32.2. The van der Waals surface area contributed by atoms with E-state index in [0.29, 0.717) is 17.7 Å². The lowest BCUT2D eigenvalue weighted by Gasteiger charge is -2.35. The number of amides is 1. The third kappa shape index (κ3) is 3.60. The number of nitrogens with zero attached hydrogens (tertiary/aromatic N) is 3.